The smallest absolute Gasteiger partial charge is 0.186 e. The molecule has 0 unspecified atom stereocenters. The molecule has 0 saturated carbocycles. The van der Waals surface area contributed by atoms with Crippen molar-refractivity contribution in [3.8, 4) is 0 Å². The van der Waals surface area contributed by atoms with Gasteiger partial charge in [0.05, 0.1) is 5.39 Å². The fraction of sp³-hybridized carbons (Fsp3) is 0.312. The molecule has 1 saturated heterocycles. The van der Waals surface area contributed by atoms with Gasteiger partial charge in [-0.3, -0.25) is 4.68 Å². The summed E-state index contributed by atoms with van der Waals surface area (Å²) < 4.78 is 1.79. The first-order valence-electron chi connectivity index (χ1n) is 7.50. The highest BCUT2D eigenvalue weighted by molar-refractivity contribution is 5.86. The van der Waals surface area contributed by atoms with Crippen molar-refractivity contribution in [3.63, 3.8) is 0 Å². The first-order chi connectivity index (χ1) is 10.8. The molecule has 1 aliphatic heterocycles. The molecule has 0 atom stereocenters. The summed E-state index contributed by atoms with van der Waals surface area (Å²) in [5.41, 5.74) is 2.05. The van der Waals surface area contributed by atoms with E-state index >= 15 is 0 Å². The van der Waals surface area contributed by atoms with Crippen LogP contribution >= 0.6 is 0 Å². The van der Waals surface area contributed by atoms with E-state index in [4.69, 9.17) is 0 Å². The maximum atomic E-state index is 4.48. The first-order valence-corrected chi connectivity index (χ1v) is 7.50. The Balaban J connectivity index is 1.56. The molecule has 4 rings (SSSR count). The quantitative estimate of drug-likeness (QED) is 0.720. The second-order valence-corrected chi connectivity index (χ2v) is 5.55. The number of aryl methyl sites for hydroxylation is 1. The van der Waals surface area contributed by atoms with Crippen LogP contribution in [-0.2, 0) is 7.05 Å². The Morgan fingerprint density at radius 1 is 0.909 bits per heavy atom. The Morgan fingerprint density at radius 3 is 2.41 bits per heavy atom. The summed E-state index contributed by atoms with van der Waals surface area (Å²) in [6.45, 7) is 3.90. The summed E-state index contributed by atoms with van der Waals surface area (Å²) in [6.07, 6.45) is 3.60. The number of hydrogen-bond donors (Lipinski definition) is 0. The number of piperazine rings is 1. The SMILES string of the molecule is Cn1cc2c(N3CCN(c4ccccc4)CC3)ncnc2n1. The van der Waals surface area contributed by atoms with Crippen molar-refractivity contribution in [2.45, 2.75) is 0 Å². The number of aromatic nitrogens is 4. The van der Waals surface area contributed by atoms with E-state index in [0.29, 0.717) is 0 Å². The Morgan fingerprint density at radius 2 is 1.64 bits per heavy atom. The molecule has 0 bridgehead atoms. The number of anilines is 2. The lowest BCUT2D eigenvalue weighted by Crippen LogP contribution is -2.46. The third-order valence-corrected chi connectivity index (χ3v) is 4.11. The van der Waals surface area contributed by atoms with Crippen LogP contribution in [0.25, 0.3) is 11.0 Å². The van der Waals surface area contributed by atoms with Gasteiger partial charge in [-0.05, 0) is 12.1 Å². The molecule has 0 aliphatic carbocycles. The standard InChI is InChI=1S/C16H18N6/c1-20-11-14-15(19-20)17-12-18-16(14)22-9-7-21(8-10-22)13-5-3-2-4-6-13/h2-6,11-12H,7-10H2,1H3. The van der Waals surface area contributed by atoms with Crippen molar-refractivity contribution in [3.05, 3.63) is 42.9 Å². The molecule has 6 heteroatoms. The largest absolute Gasteiger partial charge is 0.368 e. The predicted molar refractivity (Wildman–Crippen MR) is 87.2 cm³/mol. The highest BCUT2D eigenvalue weighted by Crippen LogP contribution is 2.24. The van der Waals surface area contributed by atoms with Gasteiger partial charge in [0.2, 0.25) is 0 Å². The van der Waals surface area contributed by atoms with E-state index in [1.165, 1.54) is 5.69 Å². The maximum Gasteiger partial charge on any atom is 0.186 e. The van der Waals surface area contributed by atoms with Crippen molar-refractivity contribution < 1.29 is 0 Å². The van der Waals surface area contributed by atoms with E-state index in [1.807, 2.05) is 13.2 Å². The Bertz CT molecular complexity index is 774. The molecule has 0 N–H and O–H groups in total. The van der Waals surface area contributed by atoms with Crippen LogP contribution in [0.1, 0.15) is 0 Å². The van der Waals surface area contributed by atoms with Crippen molar-refractivity contribution in [2.75, 3.05) is 36.0 Å². The lowest BCUT2D eigenvalue weighted by atomic mass is 10.2. The van der Waals surface area contributed by atoms with Crippen LogP contribution in [0.3, 0.4) is 0 Å². The minimum absolute atomic E-state index is 0.762. The fourth-order valence-corrected chi connectivity index (χ4v) is 3.00. The van der Waals surface area contributed by atoms with E-state index < -0.39 is 0 Å². The van der Waals surface area contributed by atoms with Gasteiger partial charge in [0.25, 0.3) is 0 Å². The lowest BCUT2D eigenvalue weighted by Gasteiger charge is -2.36. The van der Waals surface area contributed by atoms with Gasteiger partial charge >= 0.3 is 0 Å². The third-order valence-electron chi connectivity index (χ3n) is 4.11. The lowest BCUT2D eigenvalue weighted by molar-refractivity contribution is 0.649. The molecular weight excluding hydrogens is 276 g/mol. The maximum absolute atomic E-state index is 4.48. The van der Waals surface area contributed by atoms with Crippen molar-refractivity contribution in [1.29, 1.82) is 0 Å². The van der Waals surface area contributed by atoms with Crippen molar-refractivity contribution in [1.82, 2.24) is 19.7 Å². The van der Waals surface area contributed by atoms with Crippen LogP contribution in [0.4, 0.5) is 11.5 Å². The van der Waals surface area contributed by atoms with E-state index in [1.54, 1.807) is 11.0 Å². The van der Waals surface area contributed by atoms with Crippen LogP contribution in [0.15, 0.2) is 42.9 Å². The molecule has 1 aliphatic rings. The van der Waals surface area contributed by atoms with Gasteiger partial charge in [-0.15, -0.1) is 0 Å². The molecule has 2 aromatic heterocycles. The third kappa shape index (κ3) is 2.26. The van der Waals surface area contributed by atoms with E-state index in [0.717, 1.165) is 43.0 Å². The summed E-state index contributed by atoms with van der Waals surface area (Å²) in [6, 6.07) is 10.6. The van der Waals surface area contributed by atoms with E-state index in [-0.39, 0.29) is 0 Å². The van der Waals surface area contributed by atoms with Crippen molar-refractivity contribution in [2.24, 2.45) is 7.05 Å². The molecule has 1 fully saturated rings. The highest BCUT2D eigenvalue weighted by Gasteiger charge is 2.20. The molecule has 0 amide bonds. The summed E-state index contributed by atoms with van der Waals surface area (Å²) in [7, 11) is 1.92. The molecule has 22 heavy (non-hydrogen) atoms. The molecule has 0 radical (unpaired) electrons. The average Bonchev–Trinajstić information content (AvgIpc) is 2.96. The number of nitrogens with zero attached hydrogens (tertiary/aromatic N) is 6. The highest BCUT2D eigenvalue weighted by atomic mass is 15.3. The summed E-state index contributed by atoms with van der Waals surface area (Å²) >= 11 is 0. The number of rotatable bonds is 2. The van der Waals surface area contributed by atoms with Gasteiger partial charge in [0, 0.05) is 45.1 Å². The molecule has 112 valence electrons. The van der Waals surface area contributed by atoms with Crippen LogP contribution in [-0.4, -0.2) is 45.9 Å². The van der Waals surface area contributed by atoms with Gasteiger partial charge in [0.15, 0.2) is 5.65 Å². The second-order valence-electron chi connectivity index (χ2n) is 5.55. The topological polar surface area (TPSA) is 50.1 Å². The molecule has 6 nitrogen and oxygen atoms in total. The number of benzene rings is 1. The van der Waals surface area contributed by atoms with Crippen LogP contribution in [0.2, 0.25) is 0 Å². The Hall–Kier alpha value is -2.63. The first kappa shape index (κ1) is 13.1. The van der Waals surface area contributed by atoms with Gasteiger partial charge in [-0.2, -0.15) is 5.10 Å². The Labute approximate surface area is 129 Å². The van der Waals surface area contributed by atoms with E-state index in [9.17, 15) is 0 Å². The minimum Gasteiger partial charge on any atom is -0.368 e. The second kappa shape index (κ2) is 5.29. The zero-order valence-electron chi connectivity index (χ0n) is 12.6. The van der Waals surface area contributed by atoms with Gasteiger partial charge in [0.1, 0.15) is 12.1 Å². The minimum atomic E-state index is 0.762. The van der Waals surface area contributed by atoms with Gasteiger partial charge in [-0.1, -0.05) is 18.2 Å². The number of hydrogen-bond acceptors (Lipinski definition) is 5. The van der Waals surface area contributed by atoms with Crippen LogP contribution < -0.4 is 9.80 Å². The van der Waals surface area contributed by atoms with Crippen LogP contribution in [0, 0.1) is 0 Å². The summed E-state index contributed by atoms with van der Waals surface area (Å²) in [5.74, 6) is 0.991. The zero-order valence-corrected chi connectivity index (χ0v) is 12.6. The number of para-hydroxylation sites is 1. The predicted octanol–water partition coefficient (Wildman–Crippen LogP) is 1.69. The van der Waals surface area contributed by atoms with Gasteiger partial charge < -0.3 is 9.80 Å². The van der Waals surface area contributed by atoms with Crippen molar-refractivity contribution >= 4 is 22.5 Å². The molecule has 3 heterocycles. The molecule has 0 spiro atoms. The van der Waals surface area contributed by atoms with Gasteiger partial charge in [-0.25, -0.2) is 9.97 Å². The fourth-order valence-electron chi connectivity index (χ4n) is 3.00. The Kier molecular flexibility index (Phi) is 3.14. The monoisotopic (exact) mass is 294 g/mol. The average molecular weight is 294 g/mol. The van der Waals surface area contributed by atoms with E-state index in [2.05, 4.69) is 55.2 Å². The summed E-state index contributed by atoms with van der Waals surface area (Å²) in [4.78, 5) is 13.5. The molecule has 1 aromatic carbocycles. The summed E-state index contributed by atoms with van der Waals surface area (Å²) in [5, 5.41) is 5.39. The van der Waals surface area contributed by atoms with Crippen LogP contribution in [0.5, 0.6) is 0 Å². The number of fused-ring (bicyclic) bond motifs is 1. The normalized spacial score (nSPS) is 15.5. The molecule has 3 aromatic rings. The molecular formula is C16H18N6. The zero-order chi connectivity index (χ0) is 14.9.